The molecule has 0 spiro atoms. The lowest BCUT2D eigenvalue weighted by Gasteiger charge is -2.28. The molecule has 0 bridgehead atoms. The molecule has 0 saturated carbocycles. The van der Waals surface area contributed by atoms with Crippen LogP contribution in [0.2, 0.25) is 0 Å². The minimum atomic E-state index is -0.621. The molecule has 0 unspecified atom stereocenters. The van der Waals surface area contributed by atoms with Gasteiger partial charge < -0.3 is 25.4 Å². The molecule has 5 aromatic rings. The summed E-state index contributed by atoms with van der Waals surface area (Å²) in [6, 6.07) is 31.6. The number of benzene rings is 4. The van der Waals surface area contributed by atoms with E-state index in [1.54, 1.807) is 16.7 Å². The highest BCUT2D eigenvalue weighted by Crippen LogP contribution is 2.26. The molecule has 3 N–H and O–H groups in total. The van der Waals surface area contributed by atoms with Gasteiger partial charge in [0.2, 0.25) is 23.6 Å². The van der Waals surface area contributed by atoms with Gasteiger partial charge in [0.1, 0.15) is 17.9 Å². The first-order chi connectivity index (χ1) is 25.3. The first-order valence-electron chi connectivity index (χ1n) is 18.2. The number of aryl methyl sites for hydroxylation is 2. The Kier molecular flexibility index (Phi) is 11.8. The fourth-order valence-corrected chi connectivity index (χ4v) is 6.74. The average molecular weight is 699 g/mol. The zero-order valence-electron chi connectivity index (χ0n) is 29.8. The van der Waals surface area contributed by atoms with Crippen molar-refractivity contribution in [3.63, 3.8) is 0 Å². The number of rotatable bonds is 14. The number of imidazole rings is 1. The van der Waals surface area contributed by atoms with Crippen LogP contribution in [0, 0.1) is 0 Å². The van der Waals surface area contributed by atoms with Crippen LogP contribution >= 0.6 is 0 Å². The Hall–Kier alpha value is -5.77. The third-order valence-corrected chi connectivity index (χ3v) is 9.62. The molecule has 0 radical (unpaired) electrons. The highest BCUT2D eigenvalue weighted by atomic mass is 16.2. The van der Waals surface area contributed by atoms with Crippen molar-refractivity contribution < 1.29 is 19.2 Å². The highest BCUT2D eigenvalue weighted by Gasteiger charge is 2.34. The maximum Gasteiger partial charge on any atom is 0.247 e. The molecule has 4 amide bonds. The van der Waals surface area contributed by atoms with E-state index in [4.69, 9.17) is 4.98 Å². The van der Waals surface area contributed by atoms with E-state index in [1.807, 2.05) is 110 Å². The molecule has 2 heterocycles. The van der Waals surface area contributed by atoms with E-state index in [9.17, 15) is 19.2 Å². The van der Waals surface area contributed by atoms with Gasteiger partial charge in [-0.05, 0) is 92.6 Å². The minimum Gasteiger partial charge on any atom is -0.338 e. The smallest absolute Gasteiger partial charge is 0.247 e. The van der Waals surface area contributed by atoms with E-state index in [0.29, 0.717) is 62.4 Å². The monoisotopic (exact) mass is 698 g/mol. The number of nitrogens with one attached hydrogen (secondary N) is 3. The first kappa shape index (κ1) is 36.0. The summed E-state index contributed by atoms with van der Waals surface area (Å²) >= 11 is 0. The molecule has 1 fully saturated rings. The van der Waals surface area contributed by atoms with Crippen molar-refractivity contribution in [1.82, 2.24) is 19.8 Å². The molecule has 4 aromatic carbocycles. The molecule has 52 heavy (non-hydrogen) atoms. The first-order valence-corrected chi connectivity index (χ1v) is 18.2. The fraction of sp³-hybridized carbons (Fsp3) is 0.310. The second-order valence-electron chi connectivity index (χ2n) is 13.4. The topological polar surface area (TPSA) is 128 Å². The van der Waals surface area contributed by atoms with Crippen molar-refractivity contribution in [2.75, 3.05) is 23.7 Å². The zero-order valence-corrected chi connectivity index (χ0v) is 29.8. The Balaban J connectivity index is 1.04. The van der Waals surface area contributed by atoms with Gasteiger partial charge in [-0.25, -0.2) is 4.98 Å². The molecule has 2 atom stereocenters. The van der Waals surface area contributed by atoms with E-state index in [-0.39, 0.29) is 23.6 Å². The molecule has 1 aromatic heterocycles. The number of amides is 4. The number of carbonyl (C=O) groups is 4. The van der Waals surface area contributed by atoms with Crippen LogP contribution in [0.5, 0.6) is 0 Å². The molecule has 10 nitrogen and oxygen atoms in total. The van der Waals surface area contributed by atoms with Gasteiger partial charge >= 0.3 is 0 Å². The van der Waals surface area contributed by atoms with Crippen molar-refractivity contribution in [3.8, 4) is 11.4 Å². The normalized spacial score (nSPS) is 14.6. The summed E-state index contributed by atoms with van der Waals surface area (Å²) in [6.45, 7) is 4.86. The summed E-state index contributed by atoms with van der Waals surface area (Å²) in [5, 5.41) is 5.97. The molecule has 1 saturated heterocycles. The standard InChI is InChI=1S/C42H46N6O4/c1-3-26-47(38(49)24-16-30-11-6-4-7-12-30)29(2)41(51)43-33-20-18-32(19-21-33)40-45-35-23-22-34(28-36(35)46-40)44-42(52)37-15-10-27-48(37)39(50)25-17-31-13-8-5-9-14-31/h4-9,11-14,18-23,28-29,37H,3,10,15-17,24-27H2,1-2H3,(H,43,51)(H,44,52)(H,45,46)/t29-,37-/m0/s1. The number of H-pyrrole nitrogens is 1. The van der Waals surface area contributed by atoms with Crippen molar-refractivity contribution in [1.29, 1.82) is 0 Å². The van der Waals surface area contributed by atoms with Crippen LogP contribution in [0.25, 0.3) is 22.4 Å². The third kappa shape index (κ3) is 8.93. The average Bonchev–Trinajstić information content (AvgIpc) is 3.84. The lowest BCUT2D eigenvalue weighted by atomic mass is 10.1. The van der Waals surface area contributed by atoms with Crippen LogP contribution in [0.4, 0.5) is 11.4 Å². The number of fused-ring (bicyclic) bond motifs is 1. The lowest BCUT2D eigenvalue weighted by molar-refractivity contribution is -0.138. The number of nitrogens with zero attached hydrogens (tertiary/aromatic N) is 3. The number of aromatic amines is 1. The number of aromatic nitrogens is 2. The predicted octanol–water partition coefficient (Wildman–Crippen LogP) is 6.99. The van der Waals surface area contributed by atoms with Crippen molar-refractivity contribution in [3.05, 3.63) is 114 Å². The molecular formula is C42H46N6O4. The van der Waals surface area contributed by atoms with Crippen LogP contribution in [0.3, 0.4) is 0 Å². The summed E-state index contributed by atoms with van der Waals surface area (Å²) in [7, 11) is 0. The van der Waals surface area contributed by atoms with Crippen molar-refractivity contribution in [2.24, 2.45) is 0 Å². The van der Waals surface area contributed by atoms with Gasteiger partial charge in [0.25, 0.3) is 0 Å². The number of anilines is 2. The Morgan fingerprint density at radius 1 is 0.846 bits per heavy atom. The number of hydrogen-bond donors (Lipinski definition) is 3. The molecule has 1 aliphatic heterocycles. The molecular weight excluding hydrogens is 652 g/mol. The molecule has 268 valence electrons. The van der Waals surface area contributed by atoms with E-state index < -0.39 is 12.1 Å². The van der Waals surface area contributed by atoms with E-state index >= 15 is 0 Å². The Bertz CT molecular complexity index is 1990. The largest absolute Gasteiger partial charge is 0.338 e. The van der Waals surface area contributed by atoms with Crippen LogP contribution in [-0.4, -0.2) is 68.6 Å². The highest BCUT2D eigenvalue weighted by molar-refractivity contribution is 5.99. The minimum absolute atomic E-state index is 0.00152. The van der Waals surface area contributed by atoms with Gasteiger partial charge in [0.15, 0.2) is 0 Å². The van der Waals surface area contributed by atoms with Gasteiger partial charge in [-0.1, -0.05) is 67.6 Å². The van der Waals surface area contributed by atoms with Crippen molar-refractivity contribution >= 4 is 46.0 Å². The van der Waals surface area contributed by atoms with Crippen LogP contribution in [0.1, 0.15) is 57.1 Å². The predicted molar refractivity (Wildman–Crippen MR) is 205 cm³/mol. The number of likely N-dealkylation sites (tertiary alicyclic amines) is 1. The summed E-state index contributed by atoms with van der Waals surface area (Å²) in [5.41, 5.74) is 5.77. The SMILES string of the molecule is CCCN(C(=O)CCc1ccccc1)[C@@H](C)C(=O)Nc1ccc(-c2nc3ccc(NC(=O)[C@@H]4CCCN4C(=O)CCc4ccccc4)cc3[nH]2)cc1. The Morgan fingerprint density at radius 2 is 1.50 bits per heavy atom. The summed E-state index contributed by atoms with van der Waals surface area (Å²) < 4.78 is 0. The van der Waals surface area contributed by atoms with Crippen LogP contribution in [-0.2, 0) is 32.0 Å². The summed E-state index contributed by atoms with van der Waals surface area (Å²) in [6.07, 6.45) is 4.18. The van der Waals surface area contributed by atoms with Gasteiger partial charge in [0.05, 0.1) is 11.0 Å². The molecule has 1 aliphatic rings. The molecule has 6 rings (SSSR count). The second kappa shape index (κ2) is 17.0. The molecule has 0 aliphatic carbocycles. The van der Waals surface area contributed by atoms with Gasteiger partial charge in [0, 0.05) is 42.9 Å². The van der Waals surface area contributed by atoms with Crippen LogP contribution in [0.15, 0.2) is 103 Å². The van der Waals surface area contributed by atoms with Gasteiger partial charge in [-0.3, -0.25) is 19.2 Å². The number of carbonyl (C=O) groups excluding carboxylic acids is 4. The van der Waals surface area contributed by atoms with Gasteiger partial charge in [-0.15, -0.1) is 0 Å². The molecule has 10 heteroatoms. The Labute approximate surface area is 304 Å². The van der Waals surface area contributed by atoms with E-state index in [2.05, 4.69) is 15.6 Å². The zero-order chi connectivity index (χ0) is 36.5. The maximum atomic E-state index is 13.3. The summed E-state index contributed by atoms with van der Waals surface area (Å²) in [4.78, 5) is 64.2. The fourth-order valence-electron chi connectivity index (χ4n) is 6.74. The van der Waals surface area contributed by atoms with E-state index in [0.717, 1.165) is 40.6 Å². The van der Waals surface area contributed by atoms with Gasteiger partial charge in [-0.2, -0.15) is 0 Å². The summed E-state index contributed by atoms with van der Waals surface area (Å²) in [5.74, 6) is 0.171. The maximum absolute atomic E-state index is 13.3. The Morgan fingerprint density at radius 3 is 2.17 bits per heavy atom. The third-order valence-electron chi connectivity index (χ3n) is 9.62. The quantitative estimate of drug-likeness (QED) is 0.115. The van der Waals surface area contributed by atoms with Crippen molar-refractivity contribution in [2.45, 2.75) is 70.9 Å². The van der Waals surface area contributed by atoms with E-state index in [1.165, 1.54) is 0 Å². The number of hydrogen-bond acceptors (Lipinski definition) is 5. The second-order valence-corrected chi connectivity index (χ2v) is 13.4. The lowest BCUT2D eigenvalue weighted by Crippen LogP contribution is -2.46. The van der Waals surface area contributed by atoms with Crippen LogP contribution < -0.4 is 10.6 Å².